The number of halogens is 6. The Morgan fingerprint density at radius 1 is 1.00 bits per heavy atom. The van der Waals surface area contributed by atoms with Crippen LogP contribution in [0.4, 0.5) is 26.3 Å². The Bertz CT molecular complexity index is 1010. The van der Waals surface area contributed by atoms with Crippen LogP contribution in [0.15, 0.2) is 42.5 Å². The Morgan fingerprint density at radius 3 is 2.09 bits per heavy atom. The van der Waals surface area contributed by atoms with Gasteiger partial charge in [0.1, 0.15) is 6.04 Å². The zero-order valence-corrected chi connectivity index (χ0v) is 16.5. The van der Waals surface area contributed by atoms with Gasteiger partial charge in [-0.05, 0) is 41.5 Å². The van der Waals surface area contributed by atoms with Crippen LogP contribution in [0.2, 0.25) is 0 Å². The molecule has 0 unspecified atom stereocenters. The predicted molar refractivity (Wildman–Crippen MR) is 99.0 cm³/mol. The van der Waals surface area contributed by atoms with E-state index < -0.39 is 53.4 Å². The molecular weight excluding hydrogens is 442 g/mol. The van der Waals surface area contributed by atoms with Crippen LogP contribution in [-0.2, 0) is 39.5 Å². The van der Waals surface area contributed by atoms with Gasteiger partial charge in [0, 0.05) is 6.42 Å². The van der Waals surface area contributed by atoms with Crippen LogP contribution in [0.3, 0.4) is 0 Å². The number of ether oxygens (including phenoxy) is 1. The second kappa shape index (κ2) is 9.72. The number of methoxy groups -OCH3 is 1. The van der Waals surface area contributed by atoms with E-state index in [9.17, 15) is 35.9 Å². The molecule has 1 atom stereocenters. The quantitative estimate of drug-likeness (QED) is 0.524. The van der Waals surface area contributed by atoms with Gasteiger partial charge in [0.15, 0.2) is 0 Å². The normalized spacial score (nSPS) is 12.6. The standard InChI is InChI=1S/C21H16F6N2O3/c1-32-19(31)17(8-12-3-2-4-13(5-12)11-28)29-18(30)9-14-6-15(20(22,23)24)10-16(7-14)21(25,26)27/h2-7,10,17H,8-9H2,1H3,(H,29,30)/t17-/m1/s1. The van der Waals surface area contributed by atoms with E-state index in [2.05, 4.69) is 10.1 Å². The molecule has 170 valence electrons. The third-order valence-corrected chi connectivity index (χ3v) is 4.33. The smallest absolute Gasteiger partial charge is 0.416 e. The lowest BCUT2D eigenvalue weighted by molar-refractivity contribution is -0.145. The number of hydrogen-bond acceptors (Lipinski definition) is 4. The number of nitriles is 1. The number of carbonyl (C=O) groups is 2. The average Bonchev–Trinajstić information content (AvgIpc) is 2.71. The maximum absolute atomic E-state index is 13.0. The summed E-state index contributed by atoms with van der Waals surface area (Å²) in [7, 11) is 1.05. The number of benzene rings is 2. The molecule has 1 amide bonds. The van der Waals surface area contributed by atoms with Crippen molar-refractivity contribution in [2.45, 2.75) is 31.2 Å². The Balaban J connectivity index is 2.25. The lowest BCUT2D eigenvalue weighted by Gasteiger charge is -2.18. The van der Waals surface area contributed by atoms with E-state index in [0.717, 1.165) is 7.11 Å². The lowest BCUT2D eigenvalue weighted by Crippen LogP contribution is -2.43. The van der Waals surface area contributed by atoms with Crippen LogP contribution >= 0.6 is 0 Å². The number of carbonyl (C=O) groups excluding carboxylic acids is 2. The van der Waals surface area contributed by atoms with E-state index in [1.165, 1.54) is 12.1 Å². The maximum Gasteiger partial charge on any atom is 0.416 e. The summed E-state index contributed by atoms with van der Waals surface area (Å²) in [5.41, 5.74) is -2.85. The summed E-state index contributed by atoms with van der Waals surface area (Å²) >= 11 is 0. The van der Waals surface area contributed by atoms with E-state index in [1.54, 1.807) is 12.1 Å². The topological polar surface area (TPSA) is 79.2 Å². The number of amides is 1. The molecule has 11 heteroatoms. The minimum atomic E-state index is -5.05. The molecule has 0 saturated carbocycles. The van der Waals surface area contributed by atoms with Crippen molar-refractivity contribution < 1.29 is 40.7 Å². The van der Waals surface area contributed by atoms with Crippen LogP contribution in [-0.4, -0.2) is 25.0 Å². The second-order valence-corrected chi connectivity index (χ2v) is 6.75. The molecule has 0 fully saturated rings. The molecule has 0 radical (unpaired) electrons. The van der Waals surface area contributed by atoms with Gasteiger partial charge in [-0.25, -0.2) is 4.79 Å². The van der Waals surface area contributed by atoms with Gasteiger partial charge < -0.3 is 10.1 Å². The Hall–Kier alpha value is -3.55. The first-order valence-corrected chi connectivity index (χ1v) is 8.98. The van der Waals surface area contributed by atoms with E-state index in [1.807, 2.05) is 6.07 Å². The highest BCUT2D eigenvalue weighted by molar-refractivity contribution is 5.86. The average molecular weight is 458 g/mol. The zero-order valence-electron chi connectivity index (χ0n) is 16.5. The summed E-state index contributed by atoms with van der Waals surface area (Å²) in [6.45, 7) is 0. The molecule has 0 saturated heterocycles. The van der Waals surface area contributed by atoms with Gasteiger partial charge in [-0.15, -0.1) is 0 Å². The van der Waals surface area contributed by atoms with Crippen molar-refractivity contribution in [2.75, 3.05) is 7.11 Å². The van der Waals surface area contributed by atoms with Gasteiger partial charge in [-0.3, -0.25) is 4.79 Å². The van der Waals surface area contributed by atoms with Crippen LogP contribution in [0.25, 0.3) is 0 Å². The molecular formula is C21H16F6N2O3. The summed E-state index contributed by atoms with van der Waals surface area (Å²) in [4.78, 5) is 24.4. The zero-order chi connectivity index (χ0) is 24.1. The van der Waals surface area contributed by atoms with Gasteiger partial charge in [-0.2, -0.15) is 31.6 Å². The maximum atomic E-state index is 13.0. The highest BCUT2D eigenvalue weighted by Gasteiger charge is 2.37. The number of alkyl halides is 6. The van der Waals surface area contributed by atoms with Crippen LogP contribution in [0.5, 0.6) is 0 Å². The Kier molecular flexibility index (Phi) is 7.51. The lowest BCUT2D eigenvalue weighted by atomic mass is 10.0. The summed E-state index contributed by atoms with van der Waals surface area (Å²) in [6, 6.07) is 7.58. The first kappa shape index (κ1) is 24.7. The summed E-state index contributed by atoms with van der Waals surface area (Å²) in [6.07, 6.45) is -11.0. The molecule has 5 nitrogen and oxygen atoms in total. The van der Waals surface area contributed by atoms with E-state index >= 15 is 0 Å². The van der Waals surface area contributed by atoms with Crippen molar-refractivity contribution in [2.24, 2.45) is 0 Å². The third kappa shape index (κ3) is 6.73. The number of esters is 1. The van der Waals surface area contributed by atoms with Gasteiger partial charge in [-0.1, -0.05) is 12.1 Å². The van der Waals surface area contributed by atoms with E-state index in [-0.39, 0.29) is 12.5 Å². The number of nitrogens with zero attached hydrogens (tertiary/aromatic N) is 1. The minimum Gasteiger partial charge on any atom is -0.467 e. The van der Waals surface area contributed by atoms with Crippen molar-refractivity contribution in [3.05, 3.63) is 70.3 Å². The molecule has 2 aromatic rings. The molecule has 32 heavy (non-hydrogen) atoms. The molecule has 1 N–H and O–H groups in total. The highest BCUT2D eigenvalue weighted by atomic mass is 19.4. The van der Waals surface area contributed by atoms with Crippen LogP contribution in [0, 0.1) is 11.3 Å². The van der Waals surface area contributed by atoms with Gasteiger partial charge in [0.05, 0.1) is 36.3 Å². The molecule has 0 bridgehead atoms. The molecule has 0 aliphatic carbocycles. The first-order valence-electron chi connectivity index (χ1n) is 8.98. The van der Waals surface area contributed by atoms with Gasteiger partial charge in [0.25, 0.3) is 0 Å². The van der Waals surface area contributed by atoms with Crippen LogP contribution < -0.4 is 5.32 Å². The summed E-state index contributed by atoms with van der Waals surface area (Å²) < 4.78 is 82.5. The second-order valence-electron chi connectivity index (χ2n) is 6.75. The largest absolute Gasteiger partial charge is 0.467 e. The molecule has 0 aliphatic rings. The Morgan fingerprint density at radius 2 is 1.59 bits per heavy atom. The SMILES string of the molecule is COC(=O)[C@@H](Cc1cccc(C#N)c1)NC(=O)Cc1cc(C(F)(F)F)cc(C(F)(F)F)c1. The van der Waals surface area contributed by atoms with Crippen molar-refractivity contribution in [1.29, 1.82) is 5.26 Å². The predicted octanol–water partition coefficient (Wildman–Crippen LogP) is 4.04. The van der Waals surface area contributed by atoms with Gasteiger partial charge in [0.2, 0.25) is 5.91 Å². The number of nitrogens with one attached hydrogen (secondary N) is 1. The minimum absolute atomic E-state index is 0.0408. The fourth-order valence-corrected chi connectivity index (χ4v) is 2.89. The number of hydrogen-bond donors (Lipinski definition) is 1. The first-order chi connectivity index (χ1) is 14.8. The number of rotatable bonds is 6. The molecule has 0 aromatic heterocycles. The monoisotopic (exact) mass is 458 g/mol. The molecule has 2 rings (SSSR count). The summed E-state index contributed by atoms with van der Waals surface area (Å²) in [5, 5.41) is 11.2. The Labute approximate surface area is 178 Å². The van der Waals surface area contributed by atoms with E-state index in [0.29, 0.717) is 23.3 Å². The van der Waals surface area contributed by atoms with Gasteiger partial charge >= 0.3 is 18.3 Å². The fraction of sp³-hybridized carbons (Fsp3) is 0.286. The fourth-order valence-electron chi connectivity index (χ4n) is 2.89. The third-order valence-electron chi connectivity index (χ3n) is 4.33. The molecule has 2 aromatic carbocycles. The van der Waals surface area contributed by atoms with Crippen molar-refractivity contribution in [3.63, 3.8) is 0 Å². The molecule has 0 heterocycles. The van der Waals surface area contributed by atoms with E-state index in [4.69, 9.17) is 5.26 Å². The molecule has 0 spiro atoms. The van der Waals surface area contributed by atoms with Crippen LogP contribution in [0.1, 0.15) is 27.8 Å². The summed E-state index contributed by atoms with van der Waals surface area (Å²) in [5.74, 6) is -1.86. The molecule has 0 aliphatic heterocycles. The van der Waals surface area contributed by atoms with Crippen molar-refractivity contribution in [3.8, 4) is 6.07 Å². The van der Waals surface area contributed by atoms with Crippen molar-refractivity contribution >= 4 is 11.9 Å². The highest BCUT2D eigenvalue weighted by Crippen LogP contribution is 2.36. The van der Waals surface area contributed by atoms with Crippen molar-refractivity contribution in [1.82, 2.24) is 5.32 Å².